The van der Waals surface area contributed by atoms with Crippen molar-refractivity contribution in [1.29, 1.82) is 0 Å². The average molecular weight is 346 g/mol. The summed E-state index contributed by atoms with van der Waals surface area (Å²) < 4.78 is 5.17. The number of anilines is 2. The SMILES string of the molecule is COc1ccccc1NC(=O)CSc1nc2nc(N)[nH]c(=O)c2[nH]1. The zero-order valence-corrected chi connectivity index (χ0v) is 13.4. The van der Waals surface area contributed by atoms with Crippen LogP contribution in [0.5, 0.6) is 5.75 Å². The van der Waals surface area contributed by atoms with Crippen LogP contribution in [0.25, 0.3) is 11.2 Å². The van der Waals surface area contributed by atoms with Crippen molar-refractivity contribution in [2.45, 2.75) is 5.16 Å². The monoisotopic (exact) mass is 346 g/mol. The molecule has 3 aromatic rings. The Hall–Kier alpha value is -3.01. The molecule has 0 saturated carbocycles. The number of aromatic amines is 2. The first-order valence-corrected chi connectivity index (χ1v) is 7.86. The van der Waals surface area contributed by atoms with Gasteiger partial charge < -0.3 is 20.8 Å². The smallest absolute Gasteiger partial charge is 0.278 e. The highest BCUT2D eigenvalue weighted by atomic mass is 32.2. The summed E-state index contributed by atoms with van der Waals surface area (Å²) in [7, 11) is 1.53. The van der Waals surface area contributed by atoms with E-state index in [1.807, 2.05) is 6.07 Å². The van der Waals surface area contributed by atoms with Gasteiger partial charge in [-0.05, 0) is 12.1 Å². The van der Waals surface area contributed by atoms with Crippen LogP contribution in [0.15, 0.2) is 34.2 Å². The summed E-state index contributed by atoms with van der Waals surface area (Å²) in [4.78, 5) is 37.0. The van der Waals surface area contributed by atoms with Crippen molar-refractivity contribution in [3.8, 4) is 5.75 Å². The molecule has 0 aliphatic carbocycles. The van der Waals surface area contributed by atoms with Gasteiger partial charge >= 0.3 is 0 Å². The van der Waals surface area contributed by atoms with Gasteiger partial charge in [-0.1, -0.05) is 23.9 Å². The number of H-pyrrole nitrogens is 2. The zero-order valence-electron chi connectivity index (χ0n) is 12.6. The highest BCUT2D eigenvalue weighted by Crippen LogP contribution is 2.24. The molecule has 3 rings (SSSR count). The van der Waals surface area contributed by atoms with Crippen LogP contribution < -0.4 is 21.3 Å². The molecule has 0 spiro atoms. The number of hydrogen-bond acceptors (Lipinski definition) is 7. The number of nitrogens with one attached hydrogen (secondary N) is 3. The summed E-state index contributed by atoms with van der Waals surface area (Å²) in [6.07, 6.45) is 0. The fourth-order valence-corrected chi connectivity index (χ4v) is 2.70. The Labute approximate surface area is 140 Å². The molecule has 2 heterocycles. The van der Waals surface area contributed by atoms with E-state index in [1.165, 1.54) is 7.11 Å². The molecule has 0 unspecified atom stereocenters. The molecular formula is C14H14N6O3S. The molecule has 10 heteroatoms. The van der Waals surface area contributed by atoms with Crippen molar-refractivity contribution in [1.82, 2.24) is 19.9 Å². The summed E-state index contributed by atoms with van der Waals surface area (Å²) in [5, 5.41) is 3.16. The number of para-hydroxylation sites is 2. The molecule has 2 aromatic heterocycles. The minimum Gasteiger partial charge on any atom is -0.495 e. The van der Waals surface area contributed by atoms with Gasteiger partial charge in [0.25, 0.3) is 5.56 Å². The first kappa shape index (κ1) is 15.9. The van der Waals surface area contributed by atoms with Crippen molar-refractivity contribution < 1.29 is 9.53 Å². The third-order valence-electron chi connectivity index (χ3n) is 3.08. The van der Waals surface area contributed by atoms with Crippen molar-refractivity contribution in [2.24, 2.45) is 0 Å². The Morgan fingerprint density at radius 3 is 2.92 bits per heavy atom. The molecule has 0 fully saturated rings. The van der Waals surface area contributed by atoms with E-state index in [-0.39, 0.29) is 28.8 Å². The number of rotatable bonds is 5. The number of imidazole rings is 1. The molecule has 124 valence electrons. The third kappa shape index (κ3) is 3.33. The van der Waals surface area contributed by atoms with Crippen LogP contribution >= 0.6 is 11.8 Å². The molecule has 9 nitrogen and oxygen atoms in total. The Bertz CT molecular complexity index is 951. The van der Waals surface area contributed by atoms with Crippen LogP contribution in [0.3, 0.4) is 0 Å². The van der Waals surface area contributed by atoms with Gasteiger partial charge in [-0.3, -0.25) is 14.6 Å². The second-order valence-electron chi connectivity index (χ2n) is 4.73. The highest BCUT2D eigenvalue weighted by Gasteiger charge is 2.12. The number of methoxy groups -OCH3 is 1. The Morgan fingerprint density at radius 2 is 2.12 bits per heavy atom. The number of nitrogens with zero attached hydrogens (tertiary/aromatic N) is 2. The van der Waals surface area contributed by atoms with Crippen LogP contribution in [-0.4, -0.2) is 38.7 Å². The van der Waals surface area contributed by atoms with Gasteiger partial charge in [0.1, 0.15) is 5.75 Å². The average Bonchev–Trinajstić information content (AvgIpc) is 2.97. The molecule has 1 amide bonds. The van der Waals surface area contributed by atoms with Crippen molar-refractivity contribution in [2.75, 3.05) is 23.9 Å². The lowest BCUT2D eigenvalue weighted by Crippen LogP contribution is -2.14. The molecule has 0 bridgehead atoms. The number of fused-ring (bicyclic) bond motifs is 1. The predicted octanol–water partition coefficient (Wildman–Crippen LogP) is 0.968. The second kappa shape index (κ2) is 6.62. The third-order valence-corrected chi connectivity index (χ3v) is 3.95. The first-order chi connectivity index (χ1) is 11.6. The second-order valence-corrected chi connectivity index (χ2v) is 5.69. The van der Waals surface area contributed by atoms with Gasteiger partial charge in [0.15, 0.2) is 16.3 Å². The molecular weight excluding hydrogens is 332 g/mol. The van der Waals surface area contributed by atoms with E-state index in [4.69, 9.17) is 10.5 Å². The van der Waals surface area contributed by atoms with Gasteiger partial charge in [-0.2, -0.15) is 4.98 Å². The van der Waals surface area contributed by atoms with Crippen LogP contribution in [0, 0.1) is 0 Å². The van der Waals surface area contributed by atoms with Crippen LogP contribution in [0.2, 0.25) is 0 Å². The van der Waals surface area contributed by atoms with Gasteiger partial charge in [0.2, 0.25) is 11.9 Å². The molecule has 24 heavy (non-hydrogen) atoms. The van der Waals surface area contributed by atoms with E-state index in [1.54, 1.807) is 18.2 Å². The number of nitrogens with two attached hydrogens (primary N) is 1. The summed E-state index contributed by atoms with van der Waals surface area (Å²) >= 11 is 1.15. The normalized spacial score (nSPS) is 10.7. The standard InChI is InChI=1S/C14H14N6O3S/c1-23-8-5-3-2-4-7(8)16-9(21)6-24-14-17-10-11(19-14)18-13(15)20-12(10)22/h2-5H,6H2,1H3,(H,16,21)(H4,15,17,18,19,20,22). The largest absolute Gasteiger partial charge is 0.495 e. The molecule has 1 aromatic carbocycles. The zero-order chi connectivity index (χ0) is 17.1. The summed E-state index contributed by atoms with van der Waals surface area (Å²) in [5.74, 6) is 0.437. The number of amides is 1. The Kier molecular flexibility index (Phi) is 4.38. The minimum absolute atomic E-state index is 0.00975. The minimum atomic E-state index is -0.407. The number of ether oxygens (including phenoxy) is 1. The van der Waals surface area contributed by atoms with Crippen LogP contribution in [-0.2, 0) is 4.79 Å². The quantitative estimate of drug-likeness (QED) is 0.505. The molecule has 0 radical (unpaired) electrons. The molecule has 0 aliphatic rings. The van der Waals surface area contributed by atoms with Crippen LogP contribution in [0.4, 0.5) is 11.6 Å². The lowest BCUT2D eigenvalue weighted by molar-refractivity contribution is -0.113. The highest BCUT2D eigenvalue weighted by molar-refractivity contribution is 7.99. The van der Waals surface area contributed by atoms with E-state index < -0.39 is 5.56 Å². The lowest BCUT2D eigenvalue weighted by atomic mass is 10.3. The molecule has 0 saturated heterocycles. The summed E-state index contributed by atoms with van der Waals surface area (Å²) in [6, 6.07) is 7.11. The van der Waals surface area contributed by atoms with Gasteiger partial charge in [0, 0.05) is 0 Å². The van der Waals surface area contributed by atoms with Crippen molar-refractivity contribution in [3.63, 3.8) is 0 Å². The maximum absolute atomic E-state index is 12.1. The number of nitrogen functional groups attached to an aromatic ring is 1. The van der Waals surface area contributed by atoms with Crippen molar-refractivity contribution in [3.05, 3.63) is 34.6 Å². The number of aromatic nitrogens is 4. The first-order valence-electron chi connectivity index (χ1n) is 6.88. The number of benzene rings is 1. The number of hydrogen-bond donors (Lipinski definition) is 4. The van der Waals surface area contributed by atoms with E-state index in [0.717, 1.165) is 11.8 Å². The fourth-order valence-electron chi connectivity index (χ4n) is 2.04. The van der Waals surface area contributed by atoms with Gasteiger partial charge in [0.05, 0.1) is 18.6 Å². The number of carbonyl (C=O) groups is 1. The van der Waals surface area contributed by atoms with E-state index in [0.29, 0.717) is 16.6 Å². The van der Waals surface area contributed by atoms with E-state index >= 15 is 0 Å². The predicted molar refractivity (Wildman–Crippen MR) is 91.3 cm³/mol. The van der Waals surface area contributed by atoms with Gasteiger partial charge in [-0.15, -0.1) is 0 Å². The number of thioether (sulfide) groups is 1. The number of carbonyl (C=O) groups excluding carboxylic acids is 1. The summed E-state index contributed by atoms with van der Waals surface area (Å²) in [5.41, 5.74) is 6.07. The summed E-state index contributed by atoms with van der Waals surface area (Å²) in [6.45, 7) is 0. The van der Waals surface area contributed by atoms with E-state index in [9.17, 15) is 9.59 Å². The van der Waals surface area contributed by atoms with Gasteiger partial charge in [-0.25, -0.2) is 4.98 Å². The fraction of sp³-hybridized carbons (Fsp3) is 0.143. The lowest BCUT2D eigenvalue weighted by Gasteiger charge is -2.09. The Balaban J connectivity index is 1.68. The molecule has 5 N–H and O–H groups in total. The van der Waals surface area contributed by atoms with Crippen LogP contribution in [0.1, 0.15) is 0 Å². The van der Waals surface area contributed by atoms with E-state index in [2.05, 4.69) is 25.3 Å². The van der Waals surface area contributed by atoms with Crippen molar-refractivity contribution >= 4 is 40.5 Å². The Morgan fingerprint density at radius 1 is 1.33 bits per heavy atom. The molecule has 0 aliphatic heterocycles. The topological polar surface area (TPSA) is 139 Å². The molecule has 0 atom stereocenters. The maximum Gasteiger partial charge on any atom is 0.278 e. The maximum atomic E-state index is 12.1.